The molecule has 1 fully saturated rings. The number of carbonyl (C=O) groups is 1. The summed E-state index contributed by atoms with van der Waals surface area (Å²) in [7, 11) is 1.83. The molecule has 1 heterocycles. The van der Waals surface area contributed by atoms with E-state index in [2.05, 4.69) is 0 Å². The van der Waals surface area contributed by atoms with Crippen molar-refractivity contribution >= 4 is 21.6 Å². The van der Waals surface area contributed by atoms with E-state index in [1.165, 1.54) is 22.5 Å². The molecular weight excluding hydrogens is 405 g/mol. The molecule has 0 spiro atoms. The number of anilines is 1. The fourth-order valence-electron chi connectivity index (χ4n) is 3.70. The number of amides is 1. The highest BCUT2D eigenvalue weighted by atomic mass is 32.2. The van der Waals surface area contributed by atoms with Crippen LogP contribution in [0, 0.1) is 11.7 Å². The average Bonchev–Trinajstić information content (AvgIpc) is 2.74. The Morgan fingerprint density at radius 1 is 1.03 bits per heavy atom. The number of hydrogen-bond acceptors (Lipinski definition) is 4. The maximum atomic E-state index is 14.0. The third kappa shape index (κ3) is 4.82. The van der Waals surface area contributed by atoms with E-state index in [-0.39, 0.29) is 29.8 Å². The van der Waals surface area contributed by atoms with Gasteiger partial charge in [0, 0.05) is 52.4 Å². The Bertz CT molecular complexity index is 985. The average molecular weight is 434 g/mol. The molecule has 0 radical (unpaired) electrons. The Labute approximate surface area is 177 Å². The summed E-state index contributed by atoms with van der Waals surface area (Å²) in [6.07, 6.45) is 0.854. The van der Waals surface area contributed by atoms with Crippen LogP contribution in [0.15, 0.2) is 53.4 Å². The topological polar surface area (TPSA) is 60.9 Å². The SMILES string of the molecule is CN(Cc1ccc(N(C)C)cc1)C(=O)C1CCN(S(=O)(=O)c2ccccc2F)CC1. The van der Waals surface area contributed by atoms with E-state index in [0.717, 1.165) is 17.3 Å². The van der Waals surface area contributed by atoms with Crippen molar-refractivity contribution in [3.05, 3.63) is 59.9 Å². The van der Waals surface area contributed by atoms with Crippen LogP contribution >= 0.6 is 0 Å². The van der Waals surface area contributed by atoms with E-state index in [0.29, 0.717) is 19.4 Å². The Morgan fingerprint density at radius 2 is 1.63 bits per heavy atom. The minimum absolute atomic E-state index is 0.00891. The lowest BCUT2D eigenvalue weighted by molar-refractivity contribution is -0.135. The second-order valence-electron chi connectivity index (χ2n) is 7.86. The molecule has 3 rings (SSSR count). The van der Waals surface area contributed by atoms with Crippen molar-refractivity contribution in [1.82, 2.24) is 9.21 Å². The maximum Gasteiger partial charge on any atom is 0.245 e. The Balaban J connectivity index is 1.59. The van der Waals surface area contributed by atoms with Crippen LogP contribution in [0.1, 0.15) is 18.4 Å². The second kappa shape index (κ2) is 9.14. The van der Waals surface area contributed by atoms with Gasteiger partial charge in [0.15, 0.2) is 0 Å². The zero-order valence-corrected chi connectivity index (χ0v) is 18.4. The van der Waals surface area contributed by atoms with Crippen LogP contribution in [-0.2, 0) is 21.4 Å². The van der Waals surface area contributed by atoms with Crippen LogP contribution in [0.5, 0.6) is 0 Å². The first-order chi connectivity index (χ1) is 14.2. The number of benzene rings is 2. The van der Waals surface area contributed by atoms with Gasteiger partial charge in [-0.3, -0.25) is 4.79 Å². The van der Waals surface area contributed by atoms with E-state index in [1.807, 2.05) is 43.3 Å². The first-order valence-corrected chi connectivity index (χ1v) is 11.4. The summed E-state index contributed by atoms with van der Waals surface area (Å²) in [6.45, 7) is 0.914. The van der Waals surface area contributed by atoms with Crippen LogP contribution in [-0.4, -0.2) is 57.8 Å². The highest BCUT2D eigenvalue weighted by Crippen LogP contribution is 2.26. The highest BCUT2D eigenvalue weighted by molar-refractivity contribution is 7.89. The summed E-state index contributed by atoms with van der Waals surface area (Å²) in [5, 5.41) is 0. The van der Waals surface area contributed by atoms with Crippen LogP contribution in [0.2, 0.25) is 0 Å². The molecule has 6 nitrogen and oxygen atoms in total. The van der Waals surface area contributed by atoms with Crippen LogP contribution in [0.25, 0.3) is 0 Å². The molecule has 0 atom stereocenters. The number of hydrogen-bond donors (Lipinski definition) is 0. The first-order valence-electron chi connectivity index (χ1n) is 9.96. The summed E-state index contributed by atoms with van der Waals surface area (Å²) < 4.78 is 40.7. The molecule has 0 N–H and O–H groups in total. The van der Waals surface area contributed by atoms with Gasteiger partial charge in [0.2, 0.25) is 15.9 Å². The minimum atomic E-state index is -3.89. The standard InChI is InChI=1S/C22H28FN3O3S/c1-24(2)19-10-8-17(9-11-19)16-25(3)22(27)18-12-14-26(15-13-18)30(28,29)21-7-5-4-6-20(21)23/h4-11,18H,12-16H2,1-3H3. The van der Waals surface area contributed by atoms with E-state index in [4.69, 9.17) is 0 Å². The van der Waals surface area contributed by atoms with Crippen molar-refractivity contribution in [3.8, 4) is 0 Å². The molecule has 30 heavy (non-hydrogen) atoms. The van der Waals surface area contributed by atoms with Gasteiger partial charge in [0.1, 0.15) is 10.7 Å². The van der Waals surface area contributed by atoms with E-state index in [9.17, 15) is 17.6 Å². The molecular formula is C22H28FN3O3S. The largest absolute Gasteiger partial charge is 0.378 e. The predicted octanol–water partition coefficient (Wildman–Crippen LogP) is 2.95. The number of nitrogens with zero attached hydrogens (tertiary/aromatic N) is 3. The molecule has 2 aromatic rings. The summed E-state index contributed by atoms with van der Waals surface area (Å²) in [5.41, 5.74) is 2.13. The zero-order valence-electron chi connectivity index (χ0n) is 17.6. The lowest BCUT2D eigenvalue weighted by Crippen LogP contribution is -2.43. The molecule has 1 amide bonds. The van der Waals surface area contributed by atoms with Crippen LogP contribution in [0.4, 0.5) is 10.1 Å². The zero-order chi connectivity index (χ0) is 21.9. The third-order valence-corrected chi connectivity index (χ3v) is 7.44. The van der Waals surface area contributed by atoms with Crippen molar-refractivity contribution in [2.75, 3.05) is 39.1 Å². The van der Waals surface area contributed by atoms with Crippen molar-refractivity contribution in [2.45, 2.75) is 24.3 Å². The van der Waals surface area contributed by atoms with Crippen LogP contribution in [0.3, 0.4) is 0 Å². The molecule has 0 saturated carbocycles. The Kier molecular flexibility index (Phi) is 6.77. The van der Waals surface area contributed by atoms with Crippen molar-refractivity contribution in [3.63, 3.8) is 0 Å². The van der Waals surface area contributed by atoms with Gasteiger partial charge in [-0.15, -0.1) is 0 Å². The number of sulfonamides is 1. The highest BCUT2D eigenvalue weighted by Gasteiger charge is 2.34. The first kappa shape index (κ1) is 22.2. The molecule has 2 aromatic carbocycles. The predicted molar refractivity (Wildman–Crippen MR) is 115 cm³/mol. The Morgan fingerprint density at radius 3 is 2.20 bits per heavy atom. The third-order valence-electron chi connectivity index (χ3n) is 5.51. The molecule has 162 valence electrons. The molecule has 0 aromatic heterocycles. The number of carbonyl (C=O) groups excluding carboxylic acids is 1. The summed E-state index contributed by atoms with van der Waals surface area (Å²) in [5.74, 6) is -0.978. The minimum Gasteiger partial charge on any atom is -0.378 e. The van der Waals surface area contributed by atoms with E-state index in [1.54, 1.807) is 11.9 Å². The molecule has 0 bridgehead atoms. The van der Waals surface area contributed by atoms with Gasteiger partial charge in [0.05, 0.1) is 0 Å². The van der Waals surface area contributed by atoms with Crippen molar-refractivity contribution in [2.24, 2.45) is 5.92 Å². The van der Waals surface area contributed by atoms with Crippen LogP contribution < -0.4 is 4.90 Å². The lowest BCUT2D eigenvalue weighted by Gasteiger charge is -2.32. The van der Waals surface area contributed by atoms with Gasteiger partial charge in [-0.25, -0.2) is 12.8 Å². The van der Waals surface area contributed by atoms with Gasteiger partial charge < -0.3 is 9.80 Å². The van der Waals surface area contributed by atoms with Gasteiger partial charge in [0.25, 0.3) is 0 Å². The number of piperidine rings is 1. The molecule has 0 unspecified atom stereocenters. The van der Waals surface area contributed by atoms with Gasteiger partial charge >= 0.3 is 0 Å². The molecule has 0 aliphatic carbocycles. The fourth-order valence-corrected chi connectivity index (χ4v) is 5.23. The fraction of sp³-hybridized carbons (Fsp3) is 0.409. The maximum absolute atomic E-state index is 14.0. The summed E-state index contributed by atoms with van der Waals surface area (Å²) in [6, 6.07) is 13.4. The quantitative estimate of drug-likeness (QED) is 0.703. The number of rotatable bonds is 6. The summed E-state index contributed by atoms with van der Waals surface area (Å²) in [4.78, 5) is 16.2. The van der Waals surface area contributed by atoms with Gasteiger partial charge in [-0.2, -0.15) is 4.31 Å². The number of halogens is 1. The van der Waals surface area contributed by atoms with Crippen molar-refractivity contribution < 1.29 is 17.6 Å². The Hall–Kier alpha value is -2.45. The monoisotopic (exact) mass is 433 g/mol. The molecule has 1 aliphatic rings. The lowest BCUT2D eigenvalue weighted by atomic mass is 9.96. The van der Waals surface area contributed by atoms with Crippen molar-refractivity contribution in [1.29, 1.82) is 0 Å². The van der Waals surface area contributed by atoms with Gasteiger partial charge in [-0.05, 0) is 42.7 Å². The molecule has 1 aliphatic heterocycles. The smallest absolute Gasteiger partial charge is 0.245 e. The van der Waals surface area contributed by atoms with E-state index >= 15 is 0 Å². The van der Waals surface area contributed by atoms with E-state index < -0.39 is 15.8 Å². The molecule has 1 saturated heterocycles. The summed E-state index contributed by atoms with van der Waals surface area (Å²) >= 11 is 0. The normalized spacial score (nSPS) is 15.7. The van der Waals surface area contributed by atoms with Gasteiger partial charge in [-0.1, -0.05) is 24.3 Å². The molecule has 8 heteroatoms. The second-order valence-corrected chi connectivity index (χ2v) is 9.77.